The summed E-state index contributed by atoms with van der Waals surface area (Å²) in [5, 5.41) is 21.2. The van der Waals surface area contributed by atoms with Crippen molar-refractivity contribution in [2.45, 2.75) is 71.9 Å². The monoisotopic (exact) mass is 585 g/mol. The average molecular weight is 586 g/mol. The lowest BCUT2D eigenvalue weighted by Gasteiger charge is -2.35. The van der Waals surface area contributed by atoms with Crippen LogP contribution in [-0.4, -0.2) is 20.1 Å². The zero-order chi connectivity index (χ0) is 31.4. The molecule has 0 spiro atoms. The Morgan fingerprint density at radius 3 is 1.95 bits per heavy atom. The Bertz CT molecular complexity index is 1780. The molecule has 0 aliphatic carbocycles. The van der Waals surface area contributed by atoms with Crippen LogP contribution in [0, 0.1) is 5.41 Å². The molecule has 0 saturated heterocycles. The van der Waals surface area contributed by atoms with Crippen molar-refractivity contribution < 1.29 is 18.3 Å². The number of rotatable bonds is 6. The van der Waals surface area contributed by atoms with Gasteiger partial charge < -0.3 is 5.11 Å². The minimum absolute atomic E-state index is 0.0540. The SMILES string of the molecule is CC(C)(C)CC(C)(C)c1cc(-n2nc3ccc(-c4ccccc4C(F)(F)F)cc3n2)c(O)c(C(C)(C)c2ccccc2)c1. The average Bonchev–Trinajstić information content (AvgIpc) is 3.35. The fourth-order valence-electron chi connectivity index (χ4n) is 6.25. The van der Waals surface area contributed by atoms with E-state index in [9.17, 15) is 18.3 Å². The van der Waals surface area contributed by atoms with E-state index in [-0.39, 0.29) is 22.1 Å². The van der Waals surface area contributed by atoms with Gasteiger partial charge in [-0.15, -0.1) is 15.0 Å². The second-order valence-corrected chi connectivity index (χ2v) is 13.7. The Morgan fingerprint density at radius 2 is 1.30 bits per heavy atom. The second kappa shape index (κ2) is 10.5. The molecule has 4 nitrogen and oxygen atoms in total. The van der Waals surface area contributed by atoms with Gasteiger partial charge in [-0.05, 0) is 63.8 Å². The number of phenols is 1. The van der Waals surface area contributed by atoms with Gasteiger partial charge >= 0.3 is 6.18 Å². The first-order valence-corrected chi connectivity index (χ1v) is 14.4. The van der Waals surface area contributed by atoms with Gasteiger partial charge in [-0.3, -0.25) is 0 Å². The number of alkyl halides is 3. The fraction of sp³-hybridized carbons (Fsp3) is 0.333. The van der Waals surface area contributed by atoms with Crippen molar-refractivity contribution in [3.63, 3.8) is 0 Å². The van der Waals surface area contributed by atoms with E-state index in [1.165, 1.54) is 16.9 Å². The Balaban J connectivity index is 1.70. The minimum Gasteiger partial charge on any atom is -0.505 e. The predicted octanol–water partition coefficient (Wildman–Crippen LogP) is 9.85. The van der Waals surface area contributed by atoms with E-state index in [2.05, 4.69) is 64.7 Å². The van der Waals surface area contributed by atoms with Crippen LogP contribution >= 0.6 is 0 Å². The van der Waals surface area contributed by atoms with Crippen LogP contribution in [0.5, 0.6) is 5.75 Å². The highest BCUT2D eigenvalue weighted by Gasteiger charge is 2.35. The van der Waals surface area contributed by atoms with Crippen LogP contribution in [0.4, 0.5) is 13.2 Å². The first kappa shape index (κ1) is 30.3. The van der Waals surface area contributed by atoms with E-state index in [4.69, 9.17) is 0 Å². The summed E-state index contributed by atoms with van der Waals surface area (Å²) in [6.07, 6.45) is -3.59. The lowest BCUT2D eigenvalue weighted by molar-refractivity contribution is -0.137. The summed E-state index contributed by atoms with van der Waals surface area (Å²) in [5.41, 5.74) is 3.21. The molecular weight excluding hydrogens is 547 g/mol. The van der Waals surface area contributed by atoms with E-state index in [0.717, 1.165) is 29.2 Å². The molecular formula is C36H38F3N3O. The quantitative estimate of drug-likeness (QED) is 0.216. The van der Waals surface area contributed by atoms with Crippen LogP contribution in [0.2, 0.25) is 0 Å². The van der Waals surface area contributed by atoms with Crippen LogP contribution < -0.4 is 0 Å². The molecule has 0 unspecified atom stereocenters. The van der Waals surface area contributed by atoms with Gasteiger partial charge in [0, 0.05) is 11.0 Å². The molecule has 5 aromatic rings. The van der Waals surface area contributed by atoms with E-state index < -0.39 is 17.2 Å². The van der Waals surface area contributed by atoms with Crippen molar-refractivity contribution in [1.29, 1.82) is 0 Å². The molecule has 0 amide bonds. The van der Waals surface area contributed by atoms with Crippen LogP contribution in [-0.2, 0) is 17.0 Å². The number of hydrogen-bond acceptors (Lipinski definition) is 3. The van der Waals surface area contributed by atoms with Gasteiger partial charge in [0.2, 0.25) is 0 Å². The van der Waals surface area contributed by atoms with Gasteiger partial charge in [-0.2, -0.15) is 13.2 Å². The number of hydrogen-bond donors (Lipinski definition) is 1. The Hall–Kier alpha value is -4.13. The first-order valence-electron chi connectivity index (χ1n) is 14.4. The van der Waals surface area contributed by atoms with Crippen molar-refractivity contribution in [2.75, 3.05) is 0 Å². The van der Waals surface area contributed by atoms with Gasteiger partial charge in [-0.25, -0.2) is 0 Å². The maximum Gasteiger partial charge on any atom is 0.417 e. The predicted molar refractivity (Wildman–Crippen MR) is 167 cm³/mol. The number of fused-ring (bicyclic) bond motifs is 1. The Morgan fingerprint density at radius 1 is 0.674 bits per heavy atom. The highest BCUT2D eigenvalue weighted by Crippen LogP contribution is 2.45. The highest BCUT2D eigenvalue weighted by molar-refractivity contribution is 5.82. The molecule has 224 valence electrons. The second-order valence-electron chi connectivity index (χ2n) is 13.7. The number of aromatic hydroxyl groups is 1. The third kappa shape index (κ3) is 6.03. The molecule has 0 aliphatic heterocycles. The number of nitrogens with zero attached hydrogens (tertiary/aromatic N) is 3. The van der Waals surface area contributed by atoms with Gasteiger partial charge in [-0.1, -0.05) is 109 Å². The molecule has 4 aromatic carbocycles. The van der Waals surface area contributed by atoms with Crippen molar-refractivity contribution in [3.05, 3.63) is 107 Å². The van der Waals surface area contributed by atoms with Crippen molar-refractivity contribution in [2.24, 2.45) is 5.41 Å². The number of halogens is 3. The molecule has 7 heteroatoms. The molecule has 0 fully saturated rings. The summed E-state index contributed by atoms with van der Waals surface area (Å²) in [6, 6.07) is 24.5. The van der Waals surface area contributed by atoms with Crippen molar-refractivity contribution >= 4 is 11.0 Å². The molecule has 1 heterocycles. The normalized spacial score (nSPS) is 13.1. The van der Waals surface area contributed by atoms with Crippen LogP contribution in [0.25, 0.3) is 27.8 Å². The first-order chi connectivity index (χ1) is 20.0. The van der Waals surface area contributed by atoms with Gasteiger partial charge in [0.25, 0.3) is 0 Å². The molecule has 0 aliphatic rings. The summed E-state index contributed by atoms with van der Waals surface area (Å²) < 4.78 is 41.3. The third-order valence-corrected chi connectivity index (χ3v) is 8.15. The maximum absolute atomic E-state index is 13.8. The van der Waals surface area contributed by atoms with Gasteiger partial charge in [0.05, 0.1) is 5.56 Å². The van der Waals surface area contributed by atoms with Crippen LogP contribution in [0.15, 0.2) is 84.9 Å². The van der Waals surface area contributed by atoms with E-state index in [1.807, 2.05) is 36.4 Å². The summed E-state index contributed by atoms with van der Waals surface area (Å²) in [4.78, 5) is 1.40. The largest absolute Gasteiger partial charge is 0.505 e. The Labute approximate surface area is 251 Å². The molecule has 1 N–H and O–H groups in total. The highest BCUT2D eigenvalue weighted by atomic mass is 19.4. The topological polar surface area (TPSA) is 50.9 Å². The standard InChI is InChI=1S/C36H38F3N3O/c1-33(2,3)22-34(4,5)25-20-28(35(6,7)24-13-9-8-10-14-24)32(43)31(21-25)42-40-29-18-17-23(19-30(29)41-42)26-15-11-12-16-27(26)36(37,38)39/h8-21,43H,22H2,1-7H3. The number of aromatic nitrogens is 3. The maximum atomic E-state index is 13.8. The Kier molecular flexibility index (Phi) is 7.44. The van der Waals surface area contributed by atoms with E-state index in [1.54, 1.807) is 24.3 Å². The van der Waals surface area contributed by atoms with Crippen LogP contribution in [0.1, 0.15) is 77.1 Å². The van der Waals surface area contributed by atoms with Crippen molar-refractivity contribution in [1.82, 2.24) is 15.0 Å². The van der Waals surface area contributed by atoms with E-state index >= 15 is 0 Å². The summed E-state index contributed by atoms with van der Waals surface area (Å²) in [5.74, 6) is 0.0621. The zero-order valence-corrected chi connectivity index (χ0v) is 25.7. The lowest BCUT2D eigenvalue weighted by atomic mass is 9.70. The van der Waals surface area contributed by atoms with E-state index in [0.29, 0.717) is 22.3 Å². The fourth-order valence-corrected chi connectivity index (χ4v) is 6.25. The number of phenolic OH excluding ortho intramolecular Hbond substituents is 1. The zero-order valence-electron chi connectivity index (χ0n) is 25.7. The molecule has 5 rings (SSSR count). The summed E-state index contributed by atoms with van der Waals surface area (Å²) in [7, 11) is 0. The van der Waals surface area contributed by atoms with Crippen molar-refractivity contribution in [3.8, 4) is 22.6 Å². The lowest BCUT2D eigenvalue weighted by Crippen LogP contribution is -2.27. The van der Waals surface area contributed by atoms with Gasteiger partial charge in [0.15, 0.2) is 0 Å². The molecule has 0 radical (unpaired) electrons. The minimum atomic E-state index is -4.49. The molecule has 1 aromatic heterocycles. The summed E-state index contributed by atoms with van der Waals surface area (Å²) >= 11 is 0. The molecule has 43 heavy (non-hydrogen) atoms. The molecule has 0 atom stereocenters. The third-order valence-electron chi connectivity index (χ3n) is 8.15. The summed E-state index contributed by atoms with van der Waals surface area (Å²) in [6.45, 7) is 15.2. The molecule has 0 saturated carbocycles. The van der Waals surface area contributed by atoms with Gasteiger partial charge in [0.1, 0.15) is 22.5 Å². The van der Waals surface area contributed by atoms with Crippen LogP contribution in [0.3, 0.4) is 0 Å². The molecule has 0 bridgehead atoms. The smallest absolute Gasteiger partial charge is 0.417 e. The number of benzene rings is 4.